The van der Waals surface area contributed by atoms with Gasteiger partial charge in [0.25, 0.3) is 0 Å². The summed E-state index contributed by atoms with van der Waals surface area (Å²) < 4.78 is 20.7. The van der Waals surface area contributed by atoms with Crippen LogP contribution in [0.3, 0.4) is 0 Å². The molecule has 0 radical (unpaired) electrons. The van der Waals surface area contributed by atoms with E-state index in [1.54, 1.807) is 49.1 Å². The van der Waals surface area contributed by atoms with Gasteiger partial charge >= 0.3 is 0 Å². The van der Waals surface area contributed by atoms with Gasteiger partial charge < -0.3 is 9.30 Å². The highest BCUT2D eigenvalue weighted by Gasteiger charge is 2.11. The van der Waals surface area contributed by atoms with Crippen molar-refractivity contribution in [3.63, 3.8) is 0 Å². The van der Waals surface area contributed by atoms with E-state index in [4.69, 9.17) is 16.3 Å². The molecule has 112 valence electrons. The van der Waals surface area contributed by atoms with Gasteiger partial charge in [0.05, 0.1) is 23.3 Å². The predicted octanol–water partition coefficient (Wildman–Crippen LogP) is 4.10. The zero-order valence-electron chi connectivity index (χ0n) is 12.1. The molecule has 0 bridgehead atoms. The van der Waals surface area contributed by atoms with Crippen LogP contribution in [0.2, 0.25) is 5.02 Å². The number of aryl methyl sites for hydroxylation is 1. The molecule has 22 heavy (non-hydrogen) atoms. The summed E-state index contributed by atoms with van der Waals surface area (Å²) in [6.45, 7) is 1.66. The van der Waals surface area contributed by atoms with E-state index >= 15 is 0 Å². The summed E-state index contributed by atoms with van der Waals surface area (Å²) >= 11 is 6.30. The second-order valence-electron chi connectivity index (χ2n) is 4.99. The number of pyridine rings is 1. The third kappa shape index (κ3) is 2.35. The molecule has 2 aromatic carbocycles. The summed E-state index contributed by atoms with van der Waals surface area (Å²) in [4.78, 5) is 12.0. The molecule has 0 N–H and O–H groups in total. The van der Waals surface area contributed by atoms with Crippen LogP contribution in [-0.4, -0.2) is 11.7 Å². The fraction of sp³-hybridized carbons (Fsp3) is 0.118. The number of benzene rings is 2. The molecular weight excluding hydrogens is 305 g/mol. The Morgan fingerprint density at radius 1 is 1.18 bits per heavy atom. The summed E-state index contributed by atoms with van der Waals surface area (Å²) in [5, 5.41) is 0.795. The molecule has 0 aliphatic rings. The molecule has 0 aliphatic carbocycles. The van der Waals surface area contributed by atoms with E-state index in [9.17, 15) is 9.18 Å². The lowest BCUT2D eigenvalue weighted by Gasteiger charge is -2.14. The minimum atomic E-state index is -0.400. The largest absolute Gasteiger partial charge is 0.497 e. The Morgan fingerprint density at radius 2 is 1.95 bits per heavy atom. The van der Waals surface area contributed by atoms with Gasteiger partial charge in [0, 0.05) is 23.7 Å². The Bertz CT molecular complexity index is 934. The topological polar surface area (TPSA) is 31.2 Å². The molecular formula is C17H13ClFNO2. The average molecular weight is 318 g/mol. The monoisotopic (exact) mass is 317 g/mol. The smallest absolute Gasteiger partial charge is 0.189 e. The van der Waals surface area contributed by atoms with Gasteiger partial charge in [-0.15, -0.1) is 0 Å². The van der Waals surface area contributed by atoms with Crippen LogP contribution in [0.5, 0.6) is 5.75 Å². The van der Waals surface area contributed by atoms with Crippen molar-refractivity contribution >= 4 is 22.5 Å². The zero-order chi connectivity index (χ0) is 15.9. The van der Waals surface area contributed by atoms with E-state index in [2.05, 4.69) is 0 Å². The Labute approximate surface area is 131 Å². The van der Waals surface area contributed by atoms with Gasteiger partial charge in [0.2, 0.25) is 0 Å². The molecule has 3 nitrogen and oxygen atoms in total. The first-order chi connectivity index (χ1) is 10.5. The number of halogens is 2. The quantitative estimate of drug-likeness (QED) is 0.712. The van der Waals surface area contributed by atoms with Gasteiger partial charge in [-0.3, -0.25) is 4.79 Å². The summed E-state index contributed by atoms with van der Waals surface area (Å²) in [5.74, 6) is 0.240. The van der Waals surface area contributed by atoms with Gasteiger partial charge in [-0.25, -0.2) is 4.39 Å². The first kappa shape index (κ1) is 14.6. The Kier molecular flexibility index (Phi) is 3.62. The van der Waals surface area contributed by atoms with E-state index in [1.165, 1.54) is 12.1 Å². The van der Waals surface area contributed by atoms with Crippen LogP contribution in [0.4, 0.5) is 4.39 Å². The van der Waals surface area contributed by atoms with E-state index in [-0.39, 0.29) is 5.43 Å². The molecule has 1 heterocycles. The minimum absolute atomic E-state index is 0.227. The first-order valence-electron chi connectivity index (χ1n) is 6.66. The van der Waals surface area contributed by atoms with Crippen LogP contribution in [0.25, 0.3) is 16.6 Å². The van der Waals surface area contributed by atoms with Crippen molar-refractivity contribution in [2.75, 3.05) is 7.11 Å². The Balaban J connectivity index is 2.34. The second kappa shape index (κ2) is 5.46. The van der Waals surface area contributed by atoms with Gasteiger partial charge in [0.15, 0.2) is 5.43 Å². The summed E-state index contributed by atoms with van der Waals surface area (Å²) in [6, 6.07) is 9.58. The fourth-order valence-corrected chi connectivity index (χ4v) is 2.66. The van der Waals surface area contributed by atoms with Crippen LogP contribution in [0, 0.1) is 12.7 Å². The van der Waals surface area contributed by atoms with E-state index < -0.39 is 5.82 Å². The number of fused-ring (bicyclic) bond motifs is 1. The molecule has 0 saturated heterocycles. The van der Waals surface area contributed by atoms with Gasteiger partial charge in [0.1, 0.15) is 11.6 Å². The molecule has 0 unspecified atom stereocenters. The molecule has 3 rings (SSSR count). The third-order valence-corrected chi connectivity index (χ3v) is 3.89. The number of hydrogen-bond acceptors (Lipinski definition) is 2. The highest BCUT2D eigenvalue weighted by molar-refractivity contribution is 6.32. The Hall–Kier alpha value is -2.33. The summed E-state index contributed by atoms with van der Waals surface area (Å²) in [7, 11) is 1.56. The van der Waals surface area contributed by atoms with Crippen molar-refractivity contribution in [3.8, 4) is 11.4 Å². The zero-order valence-corrected chi connectivity index (χ0v) is 12.8. The minimum Gasteiger partial charge on any atom is -0.497 e. The van der Waals surface area contributed by atoms with Crippen LogP contribution in [-0.2, 0) is 0 Å². The van der Waals surface area contributed by atoms with Crippen LogP contribution >= 0.6 is 11.6 Å². The van der Waals surface area contributed by atoms with Crippen molar-refractivity contribution in [1.82, 2.24) is 4.57 Å². The SMILES string of the molecule is COc1ccc(-n2ccc(=O)c3cc(F)c(C)cc32)c(Cl)c1. The second-order valence-corrected chi connectivity index (χ2v) is 5.39. The maximum Gasteiger partial charge on any atom is 0.189 e. The highest BCUT2D eigenvalue weighted by atomic mass is 35.5. The standard InChI is InChI=1S/C17H13ClFNO2/c1-10-7-16-12(9-14(10)19)17(21)5-6-20(16)15-4-3-11(22-2)8-13(15)18/h3-9H,1-2H3. The molecule has 3 aromatic rings. The molecule has 0 amide bonds. The highest BCUT2D eigenvalue weighted by Crippen LogP contribution is 2.28. The number of hydrogen-bond donors (Lipinski definition) is 0. The molecule has 5 heteroatoms. The third-order valence-electron chi connectivity index (χ3n) is 3.59. The van der Waals surface area contributed by atoms with Gasteiger partial charge in [-0.1, -0.05) is 11.6 Å². The number of rotatable bonds is 2. The van der Waals surface area contributed by atoms with Crippen LogP contribution in [0.1, 0.15) is 5.56 Å². The van der Waals surface area contributed by atoms with Crippen molar-refractivity contribution < 1.29 is 9.13 Å². The first-order valence-corrected chi connectivity index (χ1v) is 7.04. The van der Waals surface area contributed by atoms with Gasteiger partial charge in [-0.2, -0.15) is 0 Å². The molecule has 0 saturated carbocycles. The number of ether oxygens (including phenoxy) is 1. The van der Waals surface area contributed by atoms with E-state index in [0.717, 1.165) is 0 Å². The lowest BCUT2D eigenvalue weighted by molar-refractivity contribution is 0.415. The number of methoxy groups -OCH3 is 1. The van der Waals surface area contributed by atoms with Crippen molar-refractivity contribution in [3.05, 3.63) is 69.2 Å². The van der Waals surface area contributed by atoms with Crippen molar-refractivity contribution in [1.29, 1.82) is 0 Å². The predicted molar refractivity (Wildman–Crippen MR) is 85.8 cm³/mol. The number of aromatic nitrogens is 1. The van der Waals surface area contributed by atoms with Gasteiger partial charge in [-0.05, 0) is 36.8 Å². The Morgan fingerprint density at radius 3 is 2.64 bits per heavy atom. The number of nitrogens with zero attached hydrogens (tertiary/aromatic N) is 1. The maximum atomic E-state index is 13.8. The van der Waals surface area contributed by atoms with E-state index in [0.29, 0.717) is 32.9 Å². The maximum absolute atomic E-state index is 13.8. The lowest BCUT2D eigenvalue weighted by Crippen LogP contribution is -2.08. The van der Waals surface area contributed by atoms with Crippen molar-refractivity contribution in [2.24, 2.45) is 0 Å². The van der Waals surface area contributed by atoms with Crippen molar-refractivity contribution in [2.45, 2.75) is 6.92 Å². The average Bonchev–Trinajstić information content (AvgIpc) is 2.50. The molecule has 0 aliphatic heterocycles. The van der Waals surface area contributed by atoms with Crippen LogP contribution in [0.15, 0.2) is 47.4 Å². The molecule has 0 fully saturated rings. The molecule has 1 aromatic heterocycles. The van der Waals surface area contributed by atoms with E-state index in [1.807, 2.05) is 0 Å². The summed E-state index contributed by atoms with van der Waals surface area (Å²) in [5.41, 5.74) is 1.54. The molecule has 0 atom stereocenters. The van der Waals surface area contributed by atoms with Crippen LogP contribution < -0.4 is 10.2 Å². The lowest BCUT2D eigenvalue weighted by atomic mass is 10.1. The fourth-order valence-electron chi connectivity index (χ4n) is 2.40. The normalized spacial score (nSPS) is 10.9. The molecule has 0 spiro atoms. The summed E-state index contributed by atoms with van der Waals surface area (Å²) in [6.07, 6.45) is 1.63.